The van der Waals surface area contributed by atoms with Gasteiger partial charge < -0.3 is 9.47 Å². The van der Waals surface area contributed by atoms with Gasteiger partial charge in [0.1, 0.15) is 12.4 Å². The molecule has 7 heteroatoms. The van der Waals surface area contributed by atoms with Crippen LogP contribution in [0.4, 0.5) is 0 Å². The van der Waals surface area contributed by atoms with Crippen LogP contribution in [0.25, 0.3) is 0 Å². The highest BCUT2D eigenvalue weighted by molar-refractivity contribution is 6.30. The monoisotopic (exact) mass is 376 g/mol. The average molecular weight is 377 g/mol. The molecule has 2 rings (SSSR count). The zero-order chi connectivity index (χ0) is 18.8. The summed E-state index contributed by atoms with van der Waals surface area (Å²) in [5.74, 6) is 0.0192. The van der Waals surface area contributed by atoms with Crippen molar-refractivity contribution in [2.45, 2.75) is 20.0 Å². The Morgan fingerprint density at radius 1 is 1.00 bits per heavy atom. The van der Waals surface area contributed by atoms with Crippen molar-refractivity contribution < 1.29 is 19.1 Å². The van der Waals surface area contributed by atoms with E-state index in [1.807, 2.05) is 6.92 Å². The van der Waals surface area contributed by atoms with E-state index in [9.17, 15) is 9.59 Å². The zero-order valence-electron chi connectivity index (χ0n) is 14.5. The third-order valence-corrected chi connectivity index (χ3v) is 3.68. The first-order valence-corrected chi connectivity index (χ1v) is 8.60. The minimum absolute atomic E-state index is 0.190. The maximum Gasteiger partial charge on any atom is 0.269 e. The number of hydrogen-bond donors (Lipinski definition) is 2. The molecule has 0 radical (unpaired) electrons. The number of carbonyl (C=O) groups excluding carboxylic acids is 2. The SMILES string of the molecule is CCOCCC(=O)NNC(=O)c1ccc(COc2ccc(Cl)cc2)cc1. The molecule has 2 aromatic rings. The van der Waals surface area contributed by atoms with Gasteiger partial charge in [0.05, 0.1) is 13.0 Å². The molecule has 2 amide bonds. The number of amides is 2. The molecule has 0 aromatic heterocycles. The molecule has 0 aliphatic rings. The fourth-order valence-electron chi connectivity index (χ4n) is 2.02. The lowest BCUT2D eigenvalue weighted by Crippen LogP contribution is -2.41. The number of rotatable bonds is 8. The molecule has 0 saturated carbocycles. The molecule has 6 nitrogen and oxygen atoms in total. The van der Waals surface area contributed by atoms with Crippen molar-refractivity contribution in [1.82, 2.24) is 10.9 Å². The van der Waals surface area contributed by atoms with Crippen LogP contribution in [0.5, 0.6) is 5.75 Å². The molecular weight excluding hydrogens is 356 g/mol. The van der Waals surface area contributed by atoms with Crippen molar-refractivity contribution in [2.75, 3.05) is 13.2 Å². The van der Waals surface area contributed by atoms with Crippen molar-refractivity contribution in [2.24, 2.45) is 0 Å². The Labute approximate surface area is 157 Å². The first-order valence-electron chi connectivity index (χ1n) is 8.22. The van der Waals surface area contributed by atoms with Gasteiger partial charge in [-0.25, -0.2) is 0 Å². The normalized spacial score (nSPS) is 10.2. The molecule has 0 aliphatic carbocycles. The zero-order valence-corrected chi connectivity index (χ0v) is 15.2. The summed E-state index contributed by atoms with van der Waals surface area (Å²) < 4.78 is 10.7. The molecule has 2 N–H and O–H groups in total. The number of benzene rings is 2. The number of hydrazine groups is 1. The lowest BCUT2D eigenvalue weighted by molar-refractivity contribution is -0.122. The largest absolute Gasteiger partial charge is 0.489 e. The molecule has 0 spiro atoms. The van der Waals surface area contributed by atoms with Crippen LogP contribution in [-0.2, 0) is 16.1 Å². The first-order chi connectivity index (χ1) is 12.6. The molecule has 0 aliphatic heterocycles. The summed E-state index contributed by atoms with van der Waals surface area (Å²) in [4.78, 5) is 23.5. The third-order valence-electron chi connectivity index (χ3n) is 3.43. The Bertz CT molecular complexity index is 717. The minimum atomic E-state index is -0.389. The summed E-state index contributed by atoms with van der Waals surface area (Å²) in [6.07, 6.45) is 0.190. The molecule has 138 valence electrons. The van der Waals surface area contributed by atoms with Crippen molar-refractivity contribution in [3.05, 3.63) is 64.7 Å². The number of halogens is 1. The predicted octanol–water partition coefficient (Wildman–Crippen LogP) is 3.11. The fraction of sp³-hybridized carbons (Fsp3) is 0.263. The Kier molecular flexibility index (Phi) is 7.92. The summed E-state index contributed by atoms with van der Waals surface area (Å²) in [7, 11) is 0. The van der Waals surface area contributed by atoms with Gasteiger partial charge in [0.2, 0.25) is 5.91 Å². The molecule has 0 bridgehead atoms. The van der Waals surface area contributed by atoms with Gasteiger partial charge >= 0.3 is 0 Å². The quantitative estimate of drug-likeness (QED) is 0.548. The summed E-state index contributed by atoms with van der Waals surface area (Å²) in [6, 6.07) is 14.0. The van der Waals surface area contributed by atoms with Gasteiger partial charge in [-0.1, -0.05) is 23.7 Å². The number of hydrogen-bond acceptors (Lipinski definition) is 4. The van der Waals surface area contributed by atoms with E-state index in [-0.39, 0.29) is 18.2 Å². The van der Waals surface area contributed by atoms with Crippen molar-refractivity contribution in [3.8, 4) is 5.75 Å². The lowest BCUT2D eigenvalue weighted by atomic mass is 10.1. The van der Waals surface area contributed by atoms with E-state index in [0.29, 0.717) is 36.2 Å². The van der Waals surface area contributed by atoms with E-state index in [4.69, 9.17) is 21.1 Å². The Morgan fingerprint density at radius 2 is 1.69 bits per heavy atom. The Balaban J connectivity index is 1.77. The second-order valence-corrected chi connectivity index (χ2v) is 5.83. The maximum atomic E-state index is 12.0. The molecule has 0 saturated heterocycles. The summed E-state index contributed by atoms with van der Waals surface area (Å²) in [6.45, 7) is 3.09. The first kappa shape index (κ1) is 19.8. The van der Waals surface area contributed by atoms with E-state index in [2.05, 4.69) is 10.9 Å². The maximum absolute atomic E-state index is 12.0. The highest BCUT2D eigenvalue weighted by Gasteiger charge is 2.07. The van der Waals surface area contributed by atoms with Gasteiger partial charge in [-0.05, 0) is 48.9 Å². The van der Waals surface area contributed by atoms with Gasteiger partial charge in [-0.3, -0.25) is 20.4 Å². The van der Waals surface area contributed by atoms with E-state index in [1.54, 1.807) is 48.5 Å². The lowest BCUT2D eigenvalue weighted by Gasteiger charge is -2.09. The molecule has 0 atom stereocenters. The highest BCUT2D eigenvalue weighted by atomic mass is 35.5. The molecular formula is C19H21ClN2O4. The topological polar surface area (TPSA) is 76.7 Å². The Morgan fingerprint density at radius 3 is 2.35 bits per heavy atom. The van der Waals surface area contributed by atoms with Crippen LogP contribution in [0, 0.1) is 0 Å². The predicted molar refractivity (Wildman–Crippen MR) is 98.9 cm³/mol. The molecule has 26 heavy (non-hydrogen) atoms. The number of carbonyl (C=O) groups is 2. The van der Waals surface area contributed by atoms with Crippen molar-refractivity contribution in [1.29, 1.82) is 0 Å². The van der Waals surface area contributed by atoms with Crippen LogP contribution < -0.4 is 15.6 Å². The summed E-state index contributed by atoms with van der Waals surface area (Å²) in [5.41, 5.74) is 6.07. The molecule has 0 fully saturated rings. The second kappa shape index (κ2) is 10.4. The fourth-order valence-corrected chi connectivity index (χ4v) is 2.15. The van der Waals surface area contributed by atoms with Crippen LogP contribution in [0.2, 0.25) is 5.02 Å². The van der Waals surface area contributed by atoms with Crippen LogP contribution in [-0.4, -0.2) is 25.0 Å². The van der Waals surface area contributed by atoms with Gasteiger partial charge in [0.15, 0.2) is 0 Å². The third kappa shape index (κ3) is 6.74. The smallest absolute Gasteiger partial charge is 0.269 e. The van der Waals surface area contributed by atoms with E-state index >= 15 is 0 Å². The standard InChI is InChI=1S/C19H21ClN2O4/c1-2-25-12-11-18(23)21-22-19(24)15-5-3-14(4-6-15)13-26-17-9-7-16(20)8-10-17/h3-10H,2,11-13H2,1H3,(H,21,23)(H,22,24). The molecule has 0 heterocycles. The van der Waals surface area contributed by atoms with E-state index in [1.165, 1.54) is 0 Å². The van der Waals surface area contributed by atoms with Gasteiger partial charge in [0, 0.05) is 17.2 Å². The van der Waals surface area contributed by atoms with Crippen LogP contribution in [0.3, 0.4) is 0 Å². The number of ether oxygens (including phenoxy) is 2. The van der Waals surface area contributed by atoms with Gasteiger partial charge in [-0.2, -0.15) is 0 Å². The number of nitrogens with one attached hydrogen (secondary N) is 2. The molecule has 2 aromatic carbocycles. The van der Waals surface area contributed by atoms with Crippen LogP contribution in [0.1, 0.15) is 29.3 Å². The van der Waals surface area contributed by atoms with Gasteiger partial charge in [-0.15, -0.1) is 0 Å². The van der Waals surface area contributed by atoms with Crippen LogP contribution >= 0.6 is 11.6 Å². The van der Waals surface area contributed by atoms with E-state index in [0.717, 1.165) is 5.56 Å². The van der Waals surface area contributed by atoms with Crippen LogP contribution in [0.15, 0.2) is 48.5 Å². The highest BCUT2D eigenvalue weighted by Crippen LogP contribution is 2.17. The van der Waals surface area contributed by atoms with Gasteiger partial charge in [0.25, 0.3) is 5.91 Å². The van der Waals surface area contributed by atoms with E-state index < -0.39 is 0 Å². The average Bonchev–Trinajstić information content (AvgIpc) is 2.66. The van der Waals surface area contributed by atoms with Crippen molar-refractivity contribution in [3.63, 3.8) is 0 Å². The van der Waals surface area contributed by atoms with Crippen molar-refractivity contribution >= 4 is 23.4 Å². The second-order valence-electron chi connectivity index (χ2n) is 5.39. The Hall–Kier alpha value is -2.57. The molecule has 0 unspecified atom stereocenters. The summed E-state index contributed by atoms with van der Waals surface area (Å²) >= 11 is 5.83. The summed E-state index contributed by atoms with van der Waals surface area (Å²) in [5, 5.41) is 0.651. The minimum Gasteiger partial charge on any atom is -0.489 e.